The average molecular weight is 182 g/mol. The Kier molecular flexibility index (Phi) is 3.23. The smallest absolute Gasteiger partial charge is 0.303 e. The van der Waals surface area contributed by atoms with E-state index in [1.54, 1.807) is 6.08 Å². The molecule has 0 bridgehead atoms. The van der Waals surface area contributed by atoms with Crippen LogP contribution in [0.5, 0.6) is 0 Å². The van der Waals surface area contributed by atoms with Gasteiger partial charge in [0.1, 0.15) is 5.78 Å². The maximum atomic E-state index is 11.3. The van der Waals surface area contributed by atoms with Gasteiger partial charge in [-0.1, -0.05) is 6.08 Å². The van der Waals surface area contributed by atoms with Crippen LogP contribution in [0.15, 0.2) is 12.7 Å². The van der Waals surface area contributed by atoms with Gasteiger partial charge in [0.2, 0.25) is 0 Å². The van der Waals surface area contributed by atoms with Crippen LogP contribution in [-0.2, 0) is 9.59 Å². The molecule has 1 saturated carbocycles. The van der Waals surface area contributed by atoms with Crippen molar-refractivity contribution >= 4 is 11.8 Å². The molecule has 0 aromatic carbocycles. The summed E-state index contributed by atoms with van der Waals surface area (Å²) in [7, 11) is 0. The highest BCUT2D eigenvalue weighted by atomic mass is 16.4. The number of allylic oxidation sites excluding steroid dienone is 1. The lowest BCUT2D eigenvalue weighted by molar-refractivity contribution is -0.138. The third-order valence-electron chi connectivity index (χ3n) is 2.60. The molecule has 1 aliphatic rings. The first-order valence-corrected chi connectivity index (χ1v) is 4.50. The van der Waals surface area contributed by atoms with E-state index >= 15 is 0 Å². The molecular formula is C10H14O3. The number of carboxylic acids is 1. The van der Waals surface area contributed by atoms with E-state index in [4.69, 9.17) is 5.11 Å². The Balaban J connectivity index is 2.58. The van der Waals surface area contributed by atoms with Crippen molar-refractivity contribution in [3.8, 4) is 0 Å². The number of hydrogen-bond donors (Lipinski definition) is 1. The van der Waals surface area contributed by atoms with E-state index in [1.165, 1.54) is 0 Å². The van der Waals surface area contributed by atoms with Crippen molar-refractivity contribution in [2.24, 2.45) is 11.8 Å². The summed E-state index contributed by atoms with van der Waals surface area (Å²) in [5.41, 5.74) is 0. The molecule has 3 heteroatoms. The lowest BCUT2D eigenvalue weighted by atomic mass is 9.90. The SMILES string of the molecule is C=CC[C@H]1C(=O)CC[C@@H]1CC(=O)O. The highest BCUT2D eigenvalue weighted by molar-refractivity contribution is 5.84. The number of aliphatic carboxylic acids is 1. The van der Waals surface area contributed by atoms with Crippen LogP contribution >= 0.6 is 0 Å². The quantitative estimate of drug-likeness (QED) is 0.672. The fourth-order valence-electron chi connectivity index (χ4n) is 1.95. The first-order chi connectivity index (χ1) is 6.15. The molecule has 1 N–H and O–H groups in total. The Labute approximate surface area is 77.4 Å². The van der Waals surface area contributed by atoms with Crippen LogP contribution in [0.4, 0.5) is 0 Å². The normalized spacial score (nSPS) is 27.5. The summed E-state index contributed by atoms with van der Waals surface area (Å²) in [5.74, 6) is -0.670. The molecule has 0 aliphatic heterocycles. The summed E-state index contributed by atoms with van der Waals surface area (Å²) < 4.78 is 0. The maximum absolute atomic E-state index is 11.3. The third kappa shape index (κ3) is 2.41. The van der Waals surface area contributed by atoms with Crippen LogP contribution in [0.25, 0.3) is 0 Å². The van der Waals surface area contributed by atoms with E-state index in [0.717, 1.165) is 6.42 Å². The molecule has 3 nitrogen and oxygen atoms in total. The third-order valence-corrected chi connectivity index (χ3v) is 2.60. The molecule has 0 amide bonds. The van der Waals surface area contributed by atoms with Gasteiger partial charge >= 0.3 is 5.97 Å². The number of rotatable bonds is 4. The fourth-order valence-corrected chi connectivity index (χ4v) is 1.95. The van der Waals surface area contributed by atoms with E-state index < -0.39 is 5.97 Å². The van der Waals surface area contributed by atoms with Gasteiger partial charge < -0.3 is 5.11 Å². The van der Waals surface area contributed by atoms with Gasteiger partial charge in [0.25, 0.3) is 0 Å². The average Bonchev–Trinajstić information content (AvgIpc) is 2.35. The summed E-state index contributed by atoms with van der Waals surface area (Å²) >= 11 is 0. The van der Waals surface area contributed by atoms with Crippen LogP contribution in [0.3, 0.4) is 0 Å². The van der Waals surface area contributed by atoms with E-state index in [9.17, 15) is 9.59 Å². The minimum atomic E-state index is -0.811. The van der Waals surface area contributed by atoms with Gasteiger partial charge in [-0.05, 0) is 18.8 Å². The molecule has 0 unspecified atom stereocenters. The first kappa shape index (κ1) is 9.96. The van der Waals surface area contributed by atoms with Crippen LogP contribution in [0.2, 0.25) is 0 Å². The molecule has 0 saturated heterocycles. The van der Waals surface area contributed by atoms with Crippen LogP contribution in [-0.4, -0.2) is 16.9 Å². The van der Waals surface area contributed by atoms with Crippen molar-refractivity contribution in [3.05, 3.63) is 12.7 Å². The zero-order chi connectivity index (χ0) is 9.84. The van der Waals surface area contributed by atoms with E-state index in [2.05, 4.69) is 6.58 Å². The number of ketones is 1. The fraction of sp³-hybridized carbons (Fsp3) is 0.600. The largest absolute Gasteiger partial charge is 0.481 e. The molecule has 0 radical (unpaired) electrons. The molecular weight excluding hydrogens is 168 g/mol. The Morgan fingerprint density at radius 3 is 2.92 bits per heavy atom. The van der Waals surface area contributed by atoms with Crippen molar-refractivity contribution in [2.45, 2.75) is 25.7 Å². The second-order valence-electron chi connectivity index (χ2n) is 3.49. The summed E-state index contributed by atoms with van der Waals surface area (Å²) in [6.07, 6.45) is 3.70. The summed E-state index contributed by atoms with van der Waals surface area (Å²) in [4.78, 5) is 21.8. The van der Waals surface area contributed by atoms with Gasteiger partial charge in [0.15, 0.2) is 0 Å². The number of carbonyl (C=O) groups excluding carboxylic acids is 1. The van der Waals surface area contributed by atoms with Crippen molar-refractivity contribution < 1.29 is 14.7 Å². The van der Waals surface area contributed by atoms with Gasteiger partial charge in [-0.15, -0.1) is 6.58 Å². The van der Waals surface area contributed by atoms with Crippen molar-refractivity contribution in [3.63, 3.8) is 0 Å². The highest BCUT2D eigenvalue weighted by Crippen LogP contribution is 2.33. The lowest BCUT2D eigenvalue weighted by Gasteiger charge is -2.13. The van der Waals surface area contributed by atoms with Gasteiger partial charge in [-0.3, -0.25) is 9.59 Å². The molecule has 1 fully saturated rings. The minimum absolute atomic E-state index is 0.0306. The van der Waals surface area contributed by atoms with Crippen molar-refractivity contribution in [2.75, 3.05) is 0 Å². The Bertz CT molecular complexity index is 232. The van der Waals surface area contributed by atoms with Crippen molar-refractivity contribution in [1.82, 2.24) is 0 Å². The molecule has 72 valence electrons. The predicted octanol–water partition coefficient (Wildman–Crippen LogP) is 1.63. The molecule has 2 atom stereocenters. The van der Waals surface area contributed by atoms with E-state index in [1.807, 2.05) is 0 Å². The number of hydrogen-bond acceptors (Lipinski definition) is 2. The maximum Gasteiger partial charge on any atom is 0.303 e. The van der Waals surface area contributed by atoms with Crippen molar-refractivity contribution in [1.29, 1.82) is 0 Å². The number of carboxylic acid groups (broad SMARTS) is 1. The Morgan fingerprint density at radius 1 is 1.69 bits per heavy atom. The summed E-state index contributed by atoms with van der Waals surface area (Å²) in [5, 5.41) is 8.61. The second kappa shape index (κ2) is 4.21. The zero-order valence-electron chi connectivity index (χ0n) is 7.53. The molecule has 1 rings (SSSR count). The van der Waals surface area contributed by atoms with Crippen LogP contribution < -0.4 is 0 Å². The van der Waals surface area contributed by atoms with E-state index in [0.29, 0.717) is 12.8 Å². The van der Waals surface area contributed by atoms with Crippen LogP contribution in [0, 0.1) is 11.8 Å². The predicted molar refractivity (Wildman–Crippen MR) is 48.3 cm³/mol. The molecule has 0 aromatic heterocycles. The lowest BCUT2D eigenvalue weighted by Crippen LogP contribution is -2.16. The van der Waals surface area contributed by atoms with Crippen LogP contribution in [0.1, 0.15) is 25.7 Å². The molecule has 0 heterocycles. The number of Topliss-reactive ketones (excluding diaryl/α,β-unsaturated/α-hetero) is 1. The monoisotopic (exact) mass is 182 g/mol. The molecule has 0 aromatic rings. The summed E-state index contributed by atoms with van der Waals surface area (Å²) in [6, 6.07) is 0. The van der Waals surface area contributed by atoms with Gasteiger partial charge in [-0.25, -0.2) is 0 Å². The molecule has 13 heavy (non-hydrogen) atoms. The highest BCUT2D eigenvalue weighted by Gasteiger charge is 2.34. The molecule has 0 spiro atoms. The standard InChI is InChI=1S/C10H14O3/c1-2-3-8-7(6-10(12)13)4-5-9(8)11/h2,7-8H,1,3-6H2,(H,12,13)/t7-,8-/m1/s1. The number of carbonyl (C=O) groups is 2. The summed E-state index contributed by atoms with van der Waals surface area (Å²) in [6.45, 7) is 3.57. The Morgan fingerprint density at radius 2 is 2.38 bits per heavy atom. The second-order valence-corrected chi connectivity index (χ2v) is 3.49. The first-order valence-electron chi connectivity index (χ1n) is 4.50. The molecule has 1 aliphatic carbocycles. The topological polar surface area (TPSA) is 54.4 Å². The minimum Gasteiger partial charge on any atom is -0.481 e. The van der Waals surface area contributed by atoms with E-state index in [-0.39, 0.29) is 24.0 Å². The van der Waals surface area contributed by atoms with Gasteiger partial charge in [-0.2, -0.15) is 0 Å². The zero-order valence-corrected chi connectivity index (χ0v) is 7.53. The van der Waals surface area contributed by atoms with Gasteiger partial charge in [0, 0.05) is 18.8 Å². The Hall–Kier alpha value is -1.12. The van der Waals surface area contributed by atoms with Gasteiger partial charge in [0.05, 0.1) is 0 Å².